The standard InChI is InChI=1S/C15H26N2O2/c1-7-15(8-2,11-16-9-13(3,4)18-11)12-17-10-14(5,6)19-12/h7-10H2,1-6H3. The molecule has 2 heterocycles. The van der Waals surface area contributed by atoms with Crippen LogP contribution in [-0.2, 0) is 9.47 Å². The van der Waals surface area contributed by atoms with E-state index in [0.717, 1.165) is 24.6 Å². The van der Waals surface area contributed by atoms with Gasteiger partial charge in [0.25, 0.3) is 0 Å². The van der Waals surface area contributed by atoms with Crippen LogP contribution in [-0.4, -0.2) is 36.1 Å². The van der Waals surface area contributed by atoms with Crippen molar-refractivity contribution in [3.05, 3.63) is 0 Å². The Morgan fingerprint density at radius 2 is 1.26 bits per heavy atom. The van der Waals surface area contributed by atoms with Gasteiger partial charge in [-0.25, -0.2) is 0 Å². The average Bonchev–Trinajstić information content (AvgIpc) is 2.85. The first kappa shape index (κ1) is 14.4. The molecule has 0 saturated carbocycles. The van der Waals surface area contributed by atoms with E-state index in [1.54, 1.807) is 0 Å². The van der Waals surface area contributed by atoms with E-state index in [4.69, 9.17) is 9.47 Å². The van der Waals surface area contributed by atoms with Gasteiger partial charge in [0, 0.05) is 0 Å². The second-order valence-electron chi connectivity index (χ2n) is 6.76. The summed E-state index contributed by atoms with van der Waals surface area (Å²) in [6.07, 6.45) is 1.79. The summed E-state index contributed by atoms with van der Waals surface area (Å²) in [4.78, 5) is 9.26. The molecule has 0 aliphatic carbocycles. The van der Waals surface area contributed by atoms with E-state index in [1.165, 1.54) is 0 Å². The molecule has 0 bridgehead atoms. The Balaban J connectivity index is 2.30. The van der Waals surface area contributed by atoms with Crippen molar-refractivity contribution in [1.29, 1.82) is 0 Å². The summed E-state index contributed by atoms with van der Waals surface area (Å²) >= 11 is 0. The van der Waals surface area contributed by atoms with Gasteiger partial charge in [-0.3, -0.25) is 9.98 Å². The van der Waals surface area contributed by atoms with Crippen LogP contribution in [0.25, 0.3) is 0 Å². The van der Waals surface area contributed by atoms with Crippen molar-refractivity contribution in [3.8, 4) is 0 Å². The number of aliphatic imine (C=N–C) groups is 2. The smallest absolute Gasteiger partial charge is 0.199 e. The average molecular weight is 266 g/mol. The Morgan fingerprint density at radius 1 is 0.895 bits per heavy atom. The molecule has 0 N–H and O–H groups in total. The normalized spacial score (nSPS) is 24.5. The molecule has 0 saturated heterocycles. The largest absolute Gasteiger partial charge is 0.472 e. The van der Waals surface area contributed by atoms with E-state index in [9.17, 15) is 0 Å². The van der Waals surface area contributed by atoms with Crippen molar-refractivity contribution >= 4 is 11.8 Å². The molecule has 0 aromatic carbocycles. The molecule has 0 unspecified atom stereocenters. The predicted octanol–water partition coefficient (Wildman–Crippen LogP) is 3.21. The van der Waals surface area contributed by atoms with Crippen molar-refractivity contribution in [3.63, 3.8) is 0 Å². The van der Waals surface area contributed by atoms with E-state index < -0.39 is 0 Å². The lowest BCUT2D eigenvalue weighted by Crippen LogP contribution is -2.42. The van der Waals surface area contributed by atoms with Crippen LogP contribution in [0.5, 0.6) is 0 Å². The molecular weight excluding hydrogens is 240 g/mol. The first-order chi connectivity index (χ1) is 8.75. The lowest BCUT2D eigenvalue weighted by molar-refractivity contribution is 0.0944. The van der Waals surface area contributed by atoms with Crippen LogP contribution in [0.3, 0.4) is 0 Å². The van der Waals surface area contributed by atoms with Gasteiger partial charge in [0.15, 0.2) is 11.8 Å². The molecule has 108 valence electrons. The van der Waals surface area contributed by atoms with Gasteiger partial charge in [0.2, 0.25) is 0 Å². The second kappa shape index (κ2) is 4.50. The van der Waals surface area contributed by atoms with Crippen LogP contribution in [0.1, 0.15) is 54.4 Å². The molecule has 0 spiro atoms. The third kappa shape index (κ3) is 2.49. The molecule has 0 aromatic heterocycles. The highest BCUT2D eigenvalue weighted by molar-refractivity contribution is 6.06. The lowest BCUT2D eigenvalue weighted by Gasteiger charge is -2.33. The minimum atomic E-state index is -0.290. The summed E-state index contributed by atoms with van der Waals surface area (Å²) in [5, 5.41) is 0. The van der Waals surface area contributed by atoms with E-state index in [-0.39, 0.29) is 16.6 Å². The second-order valence-corrected chi connectivity index (χ2v) is 6.76. The number of nitrogens with zero attached hydrogens (tertiary/aromatic N) is 2. The maximum atomic E-state index is 6.07. The fraction of sp³-hybridized carbons (Fsp3) is 0.867. The first-order valence-corrected chi connectivity index (χ1v) is 7.22. The summed E-state index contributed by atoms with van der Waals surface area (Å²) in [7, 11) is 0. The number of hydrogen-bond acceptors (Lipinski definition) is 4. The Labute approximate surface area is 116 Å². The van der Waals surface area contributed by atoms with Gasteiger partial charge in [0.05, 0.1) is 13.1 Å². The molecule has 0 atom stereocenters. The Morgan fingerprint density at radius 3 is 1.47 bits per heavy atom. The van der Waals surface area contributed by atoms with E-state index in [0.29, 0.717) is 13.1 Å². The summed E-state index contributed by atoms with van der Waals surface area (Å²) in [6, 6.07) is 0. The van der Waals surface area contributed by atoms with Gasteiger partial charge in [-0.1, -0.05) is 13.8 Å². The molecule has 19 heavy (non-hydrogen) atoms. The molecular formula is C15H26N2O2. The summed E-state index contributed by atoms with van der Waals surface area (Å²) < 4.78 is 12.1. The van der Waals surface area contributed by atoms with Gasteiger partial charge in [0.1, 0.15) is 16.6 Å². The van der Waals surface area contributed by atoms with Gasteiger partial charge in [-0.05, 0) is 40.5 Å². The number of hydrogen-bond donors (Lipinski definition) is 0. The van der Waals surface area contributed by atoms with E-state index >= 15 is 0 Å². The highest BCUT2D eigenvalue weighted by atomic mass is 16.5. The van der Waals surface area contributed by atoms with Crippen molar-refractivity contribution in [2.45, 2.75) is 65.6 Å². The highest BCUT2D eigenvalue weighted by Crippen LogP contribution is 2.39. The quantitative estimate of drug-likeness (QED) is 0.784. The summed E-state index contributed by atoms with van der Waals surface area (Å²) in [6.45, 7) is 14.0. The van der Waals surface area contributed by atoms with Gasteiger partial charge in [-0.2, -0.15) is 0 Å². The minimum Gasteiger partial charge on any atom is -0.472 e. The summed E-state index contributed by atoms with van der Waals surface area (Å²) in [5.41, 5.74) is -0.708. The third-order valence-electron chi connectivity index (χ3n) is 3.98. The molecule has 0 amide bonds. The first-order valence-electron chi connectivity index (χ1n) is 7.22. The van der Waals surface area contributed by atoms with Crippen LogP contribution in [0.4, 0.5) is 0 Å². The van der Waals surface area contributed by atoms with Crippen LogP contribution < -0.4 is 0 Å². The van der Waals surface area contributed by atoms with E-state index in [2.05, 4.69) is 51.5 Å². The summed E-state index contributed by atoms with van der Waals surface area (Å²) in [5.74, 6) is 1.61. The Hall–Kier alpha value is -1.06. The lowest BCUT2D eigenvalue weighted by atomic mass is 9.81. The Kier molecular flexibility index (Phi) is 3.40. The third-order valence-corrected chi connectivity index (χ3v) is 3.98. The zero-order valence-electron chi connectivity index (χ0n) is 13.0. The number of rotatable bonds is 4. The number of ether oxygens (including phenoxy) is 2. The van der Waals surface area contributed by atoms with Crippen molar-refractivity contribution in [2.24, 2.45) is 15.4 Å². The molecule has 2 aliphatic rings. The van der Waals surface area contributed by atoms with E-state index in [1.807, 2.05) is 0 Å². The molecule has 2 aliphatic heterocycles. The molecule has 0 aromatic rings. The van der Waals surface area contributed by atoms with Crippen LogP contribution in [0.15, 0.2) is 9.98 Å². The predicted molar refractivity (Wildman–Crippen MR) is 77.9 cm³/mol. The Bertz CT molecular complexity index is 382. The SMILES string of the molecule is CCC(CC)(C1=NCC(C)(C)O1)C1=NCC(C)(C)O1. The topological polar surface area (TPSA) is 43.2 Å². The maximum absolute atomic E-state index is 6.07. The molecule has 0 radical (unpaired) electrons. The minimum absolute atomic E-state index is 0.209. The van der Waals surface area contributed by atoms with Gasteiger partial charge < -0.3 is 9.47 Å². The van der Waals surface area contributed by atoms with Crippen molar-refractivity contribution < 1.29 is 9.47 Å². The van der Waals surface area contributed by atoms with Crippen molar-refractivity contribution in [1.82, 2.24) is 0 Å². The highest BCUT2D eigenvalue weighted by Gasteiger charge is 2.49. The van der Waals surface area contributed by atoms with Gasteiger partial charge >= 0.3 is 0 Å². The maximum Gasteiger partial charge on any atom is 0.199 e. The molecule has 4 heteroatoms. The fourth-order valence-corrected chi connectivity index (χ4v) is 2.62. The fourth-order valence-electron chi connectivity index (χ4n) is 2.62. The zero-order valence-corrected chi connectivity index (χ0v) is 13.0. The van der Waals surface area contributed by atoms with Crippen LogP contribution >= 0.6 is 0 Å². The molecule has 0 fully saturated rings. The van der Waals surface area contributed by atoms with Gasteiger partial charge in [-0.15, -0.1) is 0 Å². The molecule has 4 nitrogen and oxygen atoms in total. The van der Waals surface area contributed by atoms with Crippen LogP contribution in [0, 0.1) is 5.41 Å². The van der Waals surface area contributed by atoms with Crippen molar-refractivity contribution in [2.75, 3.05) is 13.1 Å². The zero-order chi connectivity index (χ0) is 14.3. The van der Waals surface area contributed by atoms with Crippen LogP contribution in [0.2, 0.25) is 0 Å². The monoisotopic (exact) mass is 266 g/mol. The molecule has 2 rings (SSSR count).